The molecule has 2 aliphatic rings. The van der Waals surface area contributed by atoms with E-state index in [9.17, 15) is 13.6 Å². The number of hydrogen-bond donors (Lipinski definition) is 0. The predicted molar refractivity (Wildman–Crippen MR) is 116 cm³/mol. The Kier molecular flexibility index (Phi) is 6.97. The second kappa shape index (κ2) is 9.85. The molecular weight excluding hydrogens is 378 g/mol. The van der Waals surface area contributed by atoms with Crippen LogP contribution in [0, 0.1) is 23.5 Å². The lowest BCUT2D eigenvalue weighted by Crippen LogP contribution is -2.19. The first-order chi connectivity index (χ1) is 14.6. The van der Waals surface area contributed by atoms with Crippen molar-refractivity contribution in [2.75, 3.05) is 0 Å². The number of rotatable bonds is 8. The van der Waals surface area contributed by atoms with Crippen LogP contribution in [0.2, 0.25) is 0 Å². The number of halogens is 2. The predicted octanol–water partition coefficient (Wildman–Crippen LogP) is 7.56. The summed E-state index contributed by atoms with van der Waals surface area (Å²) < 4.78 is 27.8. The zero-order valence-electron chi connectivity index (χ0n) is 17.7. The van der Waals surface area contributed by atoms with E-state index in [1.807, 2.05) is 12.1 Å². The highest BCUT2D eigenvalue weighted by molar-refractivity contribution is 5.80. The van der Waals surface area contributed by atoms with Crippen LogP contribution in [-0.4, -0.2) is 5.78 Å². The summed E-state index contributed by atoms with van der Waals surface area (Å²) in [4.78, 5) is 13.3. The lowest BCUT2D eigenvalue weighted by Gasteiger charge is -2.27. The van der Waals surface area contributed by atoms with E-state index in [4.69, 9.17) is 0 Å². The first-order valence-electron chi connectivity index (χ1n) is 11.6. The molecule has 0 aliphatic heterocycles. The zero-order chi connectivity index (χ0) is 20.9. The highest BCUT2D eigenvalue weighted by Gasteiger charge is 2.32. The molecule has 0 radical (unpaired) electrons. The van der Waals surface area contributed by atoms with Gasteiger partial charge in [-0.3, -0.25) is 4.79 Å². The van der Waals surface area contributed by atoms with Crippen LogP contribution in [0.15, 0.2) is 48.5 Å². The molecule has 2 aliphatic carbocycles. The molecule has 0 saturated heterocycles. The highest BCUT2D eigenvalue weighted by Crippen LogP contribution is 2.43. The smallest absolute Gasteiger partial charge is 0.134 e. The molecule has 3 heteroatoms. The Morgan fingerprint density at radius 1 is 0.733 bits per heavy atom. The Labute approximate surface area is 178 Å². The standard InChI is InChI=1S/C27H32F2O/c28-23-13-5-11-21(15-23)26(19-7-1-2-8-19)17-25(30)18-27(20-9-3-4-10-20)22-12-6-14-24(29)16-22/h5-6,11-16,19-20,26-27H,1-4,7-10,17-18H2/t26-,27+. The van der Waals surface area contributed by atoms with E-state index < -0.39 is 0 Å². The van der Waals surface area contributed by atoms with Crippen molar-refractivity contribution in [1.29, 1.82) is 0 Å². The van der Waals surface area contributed by atoms with Gasteiger partial charge >= 0.3 is 0 Å². The lowest BCUT2D eigenvalue weighted by molar-refractivity contribution is -0.120. The van der Waals surface area contributed by atoms with Gasteiger partial charge in [0, 0.05) is 12.8 Å². The van der Waals surface area contributed by atoms with Crippen molar-refractivity contribution in [3.05, 3.63) is 71.3 Å². The van der Waals surface area contributed by atoms with Crippen molar-refractivity contribution in [2.45, 2.75) is 76.0 Å². The van der Waals surface area contributed by atoms with Crippen molar-refractivity contribution < 1.29 is 13.6 Å². The van der Waals surface area contributed by atoms with Crippen molar-refractivity contribution in [3.8, 4) is 0 Å². The molecular formula is C27H32F2O. The van der Waals surface area contributed by atoms with Gasteiger partial charge in [-0.1, -0.05) is 49.9 Å². The molecule has 30 heavy (non-hydrogen) atoms. The summed E-state index contributed by atoms with van der Waals surface area (Å²) in [6.07, 6.45) is 10.2. The first-order valence-corrected chi connectivity index (χ1v) is 11.6. The third-order valence-corrected chi connectivity index (χ3v) is 7.39. The molecule has 0 N–H and O–H groups in total. The zero-order valence-corrected chi connectivity index (χ0v) is 17.7. The van der Waals surface area contributed by atoms with Crippen molar-refractivity contribution in [2.24, 2.45) is 11.8 Å². The number of Topliss-reactive ketones (excluding diaryl/α,β-unsaturated/α-hetero) is 1. The van der Waals surface area contributed by atoms with Gasteiger partial charge in [0.1, 0.15) is 17.4 Å². The molecule has 0 heterocycles. The summed E-state index contributed by atoms with van der Waals surface area (Å²) in [5.41, 5.74) is 1.91. The van der Waals surface area contributed by atoms with Crippen molar-refractivity contribution in [3.63, 3.8) is 0 Å². The maximum Gasteiger partial charge on any atom is 0.134 e. The van der Waals surface area contributed by atoms with Gasteiger partial charge in [0.05, 0.1) is 0 Å². The summed E-state index contributed by atoms with van der Waals surface area (Å²) in [5, 5.41) is 0. The van der Waals surface area contributed by atoms with Gasteiger partial charge in [0.25, 0.3) is 0 Å². The molecule has 2 aromatic rings. The minimum absolute atomic E-state index is 0.0902. The molecule has 0 unspecified atom stereocenters. The highest BCUT2D eigenvalue weighted by atomic mass is 19.1. The van der Waals surface area contributed by atoms with E-state index in [2.05, 4.69) is 0 Å². The molecule has 2 fully saturated rings. The Hall–Kier alpha value is -2.03. The van der Waals surface area contributed by atoms with Gasteiger partial charge in [-0.05, 0) is 84.7 Å². The summed E-state index contributed by atoms with van der Waals surface area (Å²) in [6, 6.07) is 13.6. The van der Waals surface area contributed by atoms with Crippen molar-refractivity contribution in [1.82, 2.24) is 0 Å². The molecule has 0 bridgehead atoms. The quantitative estimate of drug-likeness (QED) is 0.439. The fourth-order valence-corrected chi connectivity index (χ4v) is 5.88. The van der Waals surface area contributed by atoms with Gasteiger partial charge in [0.15, 0.2) is 0 Å². The van der Waals surface area contributed by atoms with E-state index >= 15 is 0 Å². The molecule has 160 valence electrons. The van der Waals surface area contributed by atoms with Crippen LogP contribution in [0.1, 0.15) is 87.2 Å². The van der Waals surface area contributed by atoms with E-state index in [1.165, 1.54) is 37.8 Å². The number of ketones is 1. The molecule has 2 aromatic carbocycles. The second-order valence-electron chi connectivity index (χ2n) is 9.36. The molecule has 4 rings (SSSR count). The maximum atomic E-state index is 13.9. The molecule has 0 aromatic heterocycles. The Morgan fingerprint density at radius 2 is 1.13 bits per heavy atom. The number of carbonyl (C=O) groups excluding carboxylic acids is 1. The Balaban J connectivity index is 1.53. The van der Waals surface area contributed by atoms with E-state index in [1.54, 1.807) is 24.3 Å². The van der Waals surface area contributed by atoms with Crippen LogP contribution in [-0.2, 0) is 4.79 Å². The van der Waals surface area contributed by atoms with E-state index in [0.29, 0.717) is 24.7 Å². The van der Waals surface area contributed by atoms with Gasteiger partial charge in [-0.25, -0.2) is 8.78 Å². The number of hydrogen-bond acceptors (Lipinski definition) is 1. The molecule has 1 nitrogen and oxygen atoms in total. The third kappa shape index (κ3) is 5.17. The normalized spacial score (nSPS) is 19.8. The van der Waals surface area contributed by atoms with Gasteiger partial charge in [-0.2, -0.15) is 0 Å². The molecule has 0 amide bonds. The van der Waals surface area contributed by atoms with Crippen LogP contribution in [0.25, 0.3) is 0 Å². The van der Waals surface area contributed by atoms with Gasteiger partial charge < -0.3 is 0 Å². The Bertz CT molecular complexity index is 780. The van der Waals surface area contributed by atoms with Crippen molar-refractivity contribution >= 4 is 5.78 Å². The van der Waals surface area contributed by atoms with Crippen LogP contribution < -0.4 is 0 Å². The van der Waals surface area contributed by atoms with Crippen LogP contribution in [0.3, 0.4) is 0 Å². The van der Waals surface area contributed by atoms with E-state index in [-0.39, 0.29) is 29.3 Å². The number of carbonyl (C=O) groups is 1. The maximum absolute atomic E-state index is 13.9. The van der Waals surface area contributed by atoms with Gasteiger partial charge in [0.2, 0.25) is 0 Å². The minimum Gasteiger partial charge on any atom is -0.300 e. The third-order valence-electron chi connectivity index (χ3n) is 7.39. The Morgan fingerprint density at radius 3 is 1.50 bits per heavy atom. The topological polar surface area (TPSA) is 17.1 Å². The molecule has 2 atom stereocenters. The fraction of sp³-hybridized carbons (Fsp3) is 0.519. The van der Waals surface area contributed by atoms with Crippen LogP contribution >= 0.6 is 0 Å². The molecule has 0 spiro atoms. The van der Waals surface area contributed by atoms with Crippen LogP contribution in [0.4, 0.5) is 8.78 Å². The summed E-state index contributed by atoms with van der Waals surface area (Å²) in [6.45, 7) is 0. The fourth-order valence-electron chi connectivity index (χ4n) is 5.88. The minimum atomic E-state index is -0.230. The van der Waals surface area contributed by atoms with Crippen LogP contribution in [0.5, 0.6) is 0 Å². The summed E-state index contributed by atoms with van der Waals surface area (Å²) >= 11 is 0. The summed E-state index contributed by atoms with van der Waals surface area (Å²) in [7, 11) is 0. The average Bonchev–Trinajstić information content (AvgIpc) is 3.44. The monoisotopic (exact) mass is 410 g/mol. The largest absolute Gasteiger partial charge is 0.300 e. The second-order valence-corrected chi connectivity index (χ2v) is 9.36. The first kappa shape index (κ1) is 21.2. The SMILES string of the molecule is O=C(C[C@H](c1cccc(F)c1)C1CCCC1)C[C@@H](c1cccc(F)c1)C1CCCC1. The number of benzene rings is 2. The average molecular weight is 411 g/mol. The van der Waals surface area contributed by atoms with E-state index in [0.717, 1.165) is 36.8 Å². The van der Waals surface area contributed by atoms with Gasteiger partial charge in [-0.15, -0.1) is 0 Å². The lowest BCUT2D eigenvalue weighted by atomic mass is 9.77. The molecule has 2 saturated carbocycles. The summed E-state index contributed by atoms with van der Waals surface area (Å²) in [5.74, 6) is 0.861.